The van der Waals surface area contributed by atoms with Crippen molar-refractivity contribution >= 4 is 39.8 Å². The molecule has 1 aliphatic rings. The van der Waals surface area contributed by atoms with Crippen LogP contribution in [0, 0.1) is 0 Å². The van der Waals surface area contributed by atoms with Crippen LogP contribution in [-0.2, 0) is 26.0 Å². The molecule has 1 fully saturated rings. The van der Waals surface area contributed by atoms with Gasteiger partial charge in [-0.2, -0.15) is 0 Å². The van der Waals surface area contributed by atoms with E-state index in [4.69, 9.17) is 4.74 Å². The highest BCUT2D eigenvalue weighted by Crippen LogP contribution is 2.31. The number of ether oxygens (including phenoxy) is 1. The van der Waals surface area contributed by atoms with Gasteiger partial charge in [0.25, 0.3) is 15.9 Å². The minimum Gasteiger partial charge on any atom is -0.480 e. The predicted molar refractivity (Wildman–Crippen MR) is 133 cm³/mol. The van der Waals surface area contributed by atoms with Gasteiger partial charge < -0.3 is 14.7 Å². The molecule has 0 saturated carbocycles. The van der Waals surface area contributed by atoms with Crippen molar-refractivity contribution in [3.05, 3.63) is 54.4 Å². The molecule has 0 radical (unpaired) electrons. The molecule has 11 nitrogen and oxygen atoms in total. The van der Waals surface area contributed by atoms with Gasteiger partial charge in [0.15, 0.2) is 0 Å². The third-order valence-corrected chi connectivity index (χ3v) is 8.63. The quantitative estimate of drug-likeness (QED) is 0.512. The van der Waals surface area contributed by atoms with E-state index in [1.807, 2.05) is 13.8 Å². The van der Waals surface area contributed by atoms with Crippen LogP contribution in [0.3, 0.4) is 0 Å². The van der Waals surface area contributed by atoms with Crippen molar-refractivity contribution in [3.8, 4) is 5.75 Å². The Morgan fingerprint density at radius 2 is 1.78 bits per heavy atom. The lowest BCUT2D eigenvalue weighted by molar-refractivity contribution is -0.146. The smallest absolute Gasteiger partial charge is 0.414 e. The summed E-state index contributed by atoms with van der Waals surface area (Å²) in [5.41, 5.74) is -0.00234. The van der Waals surface area contributed by atoms with E-state index in [0.29, 0.717) is 15.6 Å². The van der Waals surface area contributed by atoms with Crippen LogP contribution in [0.25, 0.3) is 0 Å². The highest BCUT2D eigenvalue weighted by atomic mass is 32.2. The summed E-state index contributed by atoms with van der Waals surface area (Å²) < 4.78 is 32.8. The largest absolute Gasteiger partial charge is 0.480 e. The van der Waals surface area contributed by atoms with Crippen LogP contribution in [0.2, 0.25) is 0 Å². The predicted octanol–water partition coefficient (Wildman–Crippen LogP) is 1.80. The standard InChI is InChI=1S/C23H28N4O7S2/c1-23(2)14-35-19(25-23)20(28)27(36(32,33)17-9-11-24-12-10-17)18(21(29)30)13-15-5-7-16(8-6-15)34-22(31)26(3)4/h5-12,18-19,25H,13-14H2,1-4H3,(H,29,30)/t18-,19-/m0/s1. The zero-order chi connectivity index (χ0) is 26.7. The van der Waals surface area contributed by atoms with Crippen LogP contribution in [0.5, 0.6) is 5.75 Å². The number of carbonyl (C=O) groups is 3. The monoisotopic (exact) mass is 536 g/mol. The molecule has 2 amide bonds. The molecule has 1 saturated heterocycles. The average molecular weight is 537 g/mol. The second-order valence-electron chi connectivity index (χ2n) is 9.01. The van der Waals surface area contributed by atoms with Crippen molar-refractivity contribution < 1.29 is 32.6 Å². The van der Waals surface area contributed by atoms with E-state index in [1.165, 1.54) is 79.5 Å². The summed E-state index contributed by atoms with van der Waals surface area (Å²) >= 11 is 1.22. The molecule has 0 spiro atoms. The fraction of sp³-hybridized carbons (Fsp3) is 0.391. The third-order valence-electron chi connectivity index (χ3n) is 5.27. The maximum absolute atomic E-state index is 13.6. The highest BCUT2D eigenvalue weighted by Gasteiger charge is 2.46. The molecule has 0 aliphatic carbocycles. The Morgan fingerprint density at radius 3 is 2.28 bits per heavy atom. The van der Waals surface area contributed by atoms with Gasteiger partial charge in [-0.25, -0.2) is 22.3 Å². The zero-order valence-corrected chi connectivity index (χ0v) is 21.9. The number of carboxylic acids is 1. The lowest BCUT2D eigenvalue weighted by Crippen LogP contribution is -2.55. The average Bonchev–Trinajstić information content (AvgIpc) is 3.19. The molecule has 0 unspecified atom stereocenters. The SMILES string of the molecule is CN(C)C(=O)Oc1ccc(C[C@@H](C(=O)O)N(C(=O)[C@H]2NC(C)(C)CS2)S(=O)(=O)c2ccncc2)cc1. The van der Waals surface area contributed by atoms with Crippen LogP contribution < -0.4 is 10.1 Å². The van der Waals surface area contributed by atoms with E-state index in [-0.39, 0.29) is 17.1 Å². The molecule has 13 heteroatoms. The van der Waals surface area contributed by atoms with Crippen molar-refractivity contribution in [3.63, 3.8) is 0 Å². The number of hydrogen-bond acceptors (Lipinski definition) is 9. The number of amides is 2. The van der Waals surface area contributed by atoms with E-state index in [0.717, 1.165) is 0 Å². The van der Waals surface area contributed by atoms with Crippen molar-refractivity contribution in [1.29, 1.82) is 0 Å². The van der Waals surface area contributed by atoms with E-state index >= 15 is 0 Å². The van der Waals surface area contributed by atoms with Crippen LogP contribution in [0.4, 0.5) is 4.79 Å². The summed E-state index contributed by atoms with van der Waals surface area (Å²) in [5, 5.41) is 12.2. The first-order valence-electron chi connectivity index (χ1n) is 10.9. The molecule has 2 aromatic rings. The first kappa shape index (κ1) is 27.4. The molecule has 2 atom stereocenters. The molecule has 2 heterocycles. The van der Waals surface area contributed by atoms with Gasteiger partial charge in [-0.1, -0.05) is 12.1 Å². The van der Waals surface area contributed by atoms with Crippen LogP contribution in [0.15, 0.2) is 53.7 Å². The number of hydrogen-bond donors (Lipinski definition) is 2. The highest BCUT2D eigenvalue weighted by molar-refractivity contribution is 8.01. The lowest BCUT2D eigenvalue weighted by Gasteiger charge is -2.31. The van der Waals surface area contributed by atoms with Crippen molar-refractivity contribution in [1.82, 2.24) is 19.5 Å². The lowest BCUT2D eigenvalue weighted by atomic mass is 10.1. The van der Waals surface area contributed by atoms with Gasteiger partial charge in [0.05, 0.1) is 4.90 Å². The number of aliphatic carboxylic acids is 1. The number of benzene rings is 1. The molecular weight excluding hydrogens is 508 g/mol. The fourth-order valence-corrected chi connectivity index (χ4v) is 6.35. The first-order valence-corrected chi connectivity index (χ1v) is 13.4. The van der Waals surface area contributed by atoms with Gasteiger partial charge >= 0.3 is 12.1 Å². The molecule has 1 aliphatic heterocycles. The van der Waals surface area contributed by atoms with E-state index in [2.05, 4.69) is 10.3 Å². The first-order chi connectivity index (χ1) is 16.8. The number of carboxylic acid groups (broad SMARTS) is 1. The van der Waals surface area contributed by atoms with E-state index in [9.17, 15) is 27.9 Å². The van der Waals surface area contributed by atoms with Gasteiger partial charge in [0.1, 0.15) is 17.2 Å². The molecule has 2 N–H and O–H groups in total. The Hall–Kier alpha value is -3.16. The topological polar surface area (TPSA) is 146 Å². The number of rotatable bonds is 8. The Balaban J connectivity index is 1.97. The normalized spacial score (nSPS) is 17.7. The fourth-order valence-electron chi connectivity index (χ4n) is 3.42. The second-order valence-corrected chi connectivity index (χ2v) is 11.9. The summed E-state index contributed by atoms with van der Waals surface area (Å²) in [6, 6.07) is 6.66. The second kappa shape index (κ2) is 10.8. The summed E-state index contributed by atoms with van der Waals surface area (Å²) in [7, 11) is -1.48. The molecule has 1 aromatic heterocycles. The number of nitrogens with zero attached hydrogens (tertiary/aromatic N) is 3. The molecule has 0 bridgehead atoms. The Kier molecular flexibility index (Phi) is 8.26. The van der Waals surface area contributed by atoms with Crippen LogP contribution >= 0.6 is 11.8 Å². The Bertz CT molecular complexity index is 1220. The Labute approximate surface area is 213 Å². The number of thioether (sulfide) groups is 1. The maximum atomic E-state index is 13.6. The molecule has 194 valence electrons. The third kappa shape index (κ3) is 6.33. The van der Waals surface area contributed by atoms with Crippen molar-refractivity contribution in [2.24, 2.45) is 0 Å². The number of nitrogens with one attached hydrogen (secondary N) is 1. The van der Waals surface area contributed by atoms with Crippen molar-refractivity contribution in [2.45, 2.75) is 42.1 Å². The van der Waals surface area contributed by atoms with Gasteiger partial charge in [0, 0.05) is 44.2 Å². The van der Waals surface area contributed by atoms with E-state index < -0.39 is 44.9 Å². The van der Waals surface area contributed by atoms with Crippen LogP contribution in [-0.4, -0.2) is 82.5 Å². The van der Waals surface area contributed by atoms with Crippen molar-refractivity contribution in [2.75, 3.05) is 19.8 Å². The molecule has 3 rings (SSSR count). The number of pyridine rings is 1. The number of sulfonamides is 1. The van der Waals surface area contributed by atoms with Gasteiger partial charge in [-0.05, 0) is 43.7 Å². The molecular formula is C23H28N4O7S2. The summed E-state index contributed by atoms with van der Waals surface area (Å²) in [5.74, 6) is -1.58. The minimum absolute atomic E-state index is 0.232. The summed E-state index contributed by atoms with van der Waals surface area (Å²) in [6.45, 7) is 3.74. The summed E-state index contributed by atoms with van der Waals surface area (Å²) in [6.07, 6.45) is 1.62. The number of carbonyl (C=O) groups excluding carboxylic acids is 2. The van der Waals surface area contributed by atoms with Crippen LogP contribution in [0.1, 0.15) is 19.4 Å². The minimum atomic E-state index is -4.54. The molecule has 36 heavy (non-hydrogen) atoms. The van der Waals surface area contributed by atoms with E-state index in [1.54, 1.807) is 0 Å². The van der Waals surface area contributed by atoms with Gasteiger partial charge in [-0.15, -0.1) is 11.8 Å². The molecule has 1 aromatic carbocycles. The maximum Gasteiger partial charge on any atom is 0.414 e. The zero-order valence-electron chi connectivity index (χ0n) is 20.2. The Morgan fingerprint density at radius 1 is 1.17 bits per heavy atom. The van der Waals surface area contributed by atoms with Gasteiger partial charge in [-0.3, -0.25) is 15.1 Å². The summed E-state index contributed by atoms with van der Waals surface area (Å²) in [4.78, 5) is 42.5. The van der Waals surface area contributed by atoms with Gasteiger partial charge in [0.2, 0.25) is 0 Å². The number of aromatic nitrogens is 1.